The Morgan fingerprint density at radius 3 is 2.42 bits per heavy atom. The Morgan fingerprint density at radius 2 is 1.71 bits per heavy atom. The number of hydrogen-bond acceptors (Lipinski definition) is 0. The standard InChI is InChI=1S/C23H28N/c1-6-18-8-7-17(4)22(15-18)23-21-10-9-19(13-16(2)3)14-20(21)11-12-24(23)5/h7-12,14-16H,6,13H2,1-5H3/q+1. The van der Waals surface area contributed by atoms with E-state index in [4.69, 9.17) is 0 Å². The minimum atomic E-state index is 0.685. The van der Waals surface area contributed by atoms with Crippen LogP contribution in [0.3, 0.4) is 0 Å². The van der Waals surface area contributed by atoms with Crippen LogP contribution < -0.4 is 4.57 Å². The second kappa shape index (κ2) is 6.76. The number of hydrogen-bond donors (Lipinski definition) is 0. The Morgan fingerprint density at radius 1 is 0.958 bits per heavy atom. The molecule has 0 N–H and O–H groups in total. The van der Waals surface area contributed by atoms with Crippen molar-refractivity contribution in [1.29, 1.82) is 0 Å². The molecular weight excluding hydrogens is 290 g/mol. The fraction of sp³-hybridized carbons (Fsp3) is 0.348. The smallest absolute Gasteiger partial charge is 0.200 e. The summed E-state index contributed by atoms with van der Waals surface area (Å²) in [6, 6.07) is 16.0. The summed E-state index contributed by atoms with van der Waals surface area (Å²) >= 11 is 0. The molecule has 1 nitrogen and oxygen atoms in total. The summed E-state index contributed by atoms with van der Waals surface area (Å²) in [5.41, 5.74) is 6.82. The number of benzene rings is 2. The van der Waals surface area contributed by atoms with Crippen molar-refractivity contribution in [2.24, 2.45) is 13.0 Å². The van der Waals surface area contributed by atoms with E-state index in [9.17, 15) is 0 Å². The lowest BCUT2D eigenvalue weighted by Gasteiger charge is -2.11. The Bertz CT molecular complexity index is 875. The zero-order valence-electron chi connectivity index (χ0n) is 15.6. The van der Waals surface area contributed by atoms with Crippen LogP contribution in [0.4, 0.5) is 0 Å². The lowest BCUT2D eigenvalue weighted by atomic mass is 9.95. The number of aromatic nitrogens is 1. The molecule has 0 aliphatic carbocycles. The number of fused-ring (bicyclic) bond motifs is 1. The lowest BCUT2D eigenvalue weighted by molar-refractivity contribution is -0.659. The Hall–Kier alpha value is -2.15. The molecular formula is C23H28N+. The Balaban J connectivity index is 2.22. The van der Waals surface area contributed by atoms with Gasteiger partial charge in [0.05, 0.1) is 5.39 Å². The van der Waals surface area contributed by atoms with Crippen molar-refractivity contribution in [2.45, 2.75) is 40.5 Å². The molecule has 3 aromatic rings. The monoisotopic (exact) mass is 318 g/mol. The minimum absolute atomic E-state index is 0.685. The summed E-state index contributed by atoms with van der Waals surface area (Å²) in [5.74, 6) is 0.685. The van der Waals surface area contributed by atoms with Crippen molar-refractivity contribution in [3.8, 4) is 11.3 Å². The third-order valence-corrected chi connectivity index (χ3v) is 4.81. The van der Waals surface area contributed by atoms with Crippen molar-refractivity contribution in [3.05, 3.63) is 65.4 Å². The van der Waals surface area contributed by atoms with Gasteiger partial charge in [-0.1, -0.05) is 45.0 Å². The van der Waals surface area contributed by atoms with E-state index >= 15 is 0 Å². The van der Waals surface area contributed by atoms with Crippen molar-refractivity contribution < 1.29 is 4.57 Å². The topological polar surface area (TPSA) is 3.88 Å². The largest absolute Gasteiger partial charge is 0.220 e. The summed E-state index contributed by atoms with van der Waals surface area (Å²) in [5, 5.41) is 2.67. The highest BCUT2D eigenvalue weighted by molar-refractivity contribution is 5.94. The predicted octanol–water partition coefficient (Wildman–Crippen LogP) is 5.40. The third-order valence-electron chi connectivity index (χ3n) is 4.81. The molecule has 1 heteroatoms. The van der Waals surface area contributed by atoms with Gasteiger partial charge in [0, 0.05) is 11.6 Å². The molecule has 0 radical (unpaired) electrons. The maximum absolute atomic E-state index is 2.36. The normalized spacial score (nSPS) is 11.4. The first-order valence-corrected chi connectivity index (χ1v) is 9.00. The van der Waals surface area contributed by atoms with Gasteiger partial charge in [-0.2, -0.15) is 0 Å². The highest BCUT2D eigenvalue weighted by atomic mass is 14.9. The zero-order chi connectivity index (χ0) is 17.3. The van der Waals surface area contributed by atoms with Gasteiger partial charge in [0.25, 0.3) is 0 Å². The first kappa shape index (κ1) is 16.7. The van der Waals surface area contributed by atoms with Gasteiger partial charge in [-0.3, -0.25) is 0 Å². The first-order chi connectivity index (χ1) is 11.5. The molecule has 0 atom stereocenters. The van der Waals surface area contributed by atoms with Crippen LogP contribution in [-0.4, -0.2) is 0 Å². The van der Waals surface area contributed by atoms with Gasteiger partial charge >= 0.3 is 0 Å². The zero-order valence-corrected chi connectivity index (χ0v) is 15.6. The van der Waals surface area contributed by atoms with Crippen molar-refractivity contribution >= 4 is 10.8 Å². The second-order valence-corrected chi connectivity index (χ2v) is 7.30. The lowest BCUT2D eigenvalue weighted by Crippen LogP contribution is -2.30. The van der Waals surface area contributed by atoms with Crippen LogP contribution in [0.15, 0.2) is 48.7 Å². The molecule has 1 heterocycles. The van der Waals surface area contributed by atoms with Gasteiger partial charge in [-0.05, 0) is 59.9 Å². The summed E-state index contributed by atoms with van der Waals surface area (Å²) in [7, 11) is 2.15. The van der Waals surface area contributed by atoms with Crippen LogP contribution in [0.1, 0.15) is 37.5 Å². The van der Waals surface area contributed by atoms with Gasteiger partial charge < -0.3 is 0 Å². The van der Waals surface area contributed by atoms with E-state index in [1.54, 1.807) is 0 Å². The predicted molar refractivity (Wildman–Crippen MR) is 103 cm³/mol. The van der Waals surface area contributed by atoms with Crippen molar-refractivity contribution in [1.82, 2.24) is 0 Å². The molecule has 1 aromatic heterocycles. The summed E-state index contributed by atoms with van der Waals surface area (Å²) in [6.45, 7) is 8.98. The van der Waals surface area contributed by atoms with E-state index in [1.807, 2.05) is 0 Å². The van der Waals surface area contributed by atoms with E-state index in [2.05, 4.69) is 88.0 Å². The molecule has 0 unspecified atom stereocenters. The van der Waals surface area contributed by atoms with E-state index < -0.39 is 0 Å². The van der Waals surface area contributed by atoms with Gasteiger partial charge in [-0.15, -0.1) is 0 Å². The van der Waals surface area contributed by atoms with E-state index in [0.29, 0.717) is 5.92 Å². The van der Waals surface area contributed by atoms with Gasteiger partial charge in [0.2, 0.25) is 5.69 Å². The molecule has 0 aliphatic rings. The minimum Gasteiger partial charge on any atom is -0.200 e. The fourth-order valence-corrected chi connectivity index (χ4v) is 3.50. The molecule has 0 fully saturated rings. The molecule has 124 valence electrons. The maximum Gasteiger partial charge on any atom is 0.220 e. The van der Waals surface area contributed by atoms with Crippen LogP contribution in [0.5, 0.6) is 0 Å². The molecule has 3 rings (SSSR count). The van der Waals surface area contributed by atoms with Gasteiger partial charge in [0.1, 0.15) is 7.05 Å². The molecule has 0 bridgehead atoms. The highest BCUT2D eigenvalue weighted by Crippen LogP contribution is 2.29. The molecule has 0 aliphatic heterocycles. The van der Waals surface area contributed by atoms with Crippen LogP contribution in [-0.2, 0) is 19.9 Å². The van der Waals surface area contributed by atoms with Crippen LogP contribution in [0, 0.1) is 12.8 Å². The summed E-state index contributed by atoms with van der Waals surface area (Å²) in [6.07, 6.45) is 4.39. The number of aryl methyl sites for hydroxylation is 3. The molecule has 24 heavy (non-hydrogen) atoms. The Labute approximate surface area is 146 Å². The number of rotatable bonds is 4. The number of nitrogens with zero attached hydrogens (tertiary/aromatic N) is 1. The van der Waals surface area contributed by atoms with Crippen molar-refractivity contribution in [2.75, 3.05) is 0 Å². The van der Waals surface area contributed by atoms with Crippen molar-refractivity contribution in [3.63, 3.8) is 0 Å². The van der Waals surface area contributed by atoms with E-state index in [-0.39, 0.29) is 0 Å². The van der Waals surface area contributed by atoms with E-state index in [0.717, 1.165) is 12.8 Å². The highest BCUT2D eigenvalue weighted by Gasteiger charge is 2.17. The van der Waals surface area contributed by atoms with Crippen LogP contribution in [0.2, 0.25) is 0 Å². The average Bonchev–Trinajstić information content (AvgIpc) is 2.55. The first-order valence-electron chi connectivity index (χ1n) is 9.00. The van der Waals surface area contributed by atoms with Crippen LogP contribution >= 0.6 is 0 Å². The molecule has 0 amide bonds. The maximum atomic E-state index is 2.36. The van der Waals surface area contributed by atoms with Gasteiger partial charge in [-0.25, -0.2) is 4.57 Å². The fourth-order valence-electron chi connectivity index (χ4n) is 3.50. The quantitative estimate of drug-likeness (QED) is 0.567. The second-order valence-electron chi connectivity index (χ2n) is 7.30. The molecule has 0 saturated heterocycles. The summed E-state index contributed by atoms with van der Waals surface area (Å²) < 4.78 is 2.26. The third kappa shape index (κ3) is 3.21. The molecule has 0 saturated carbocycles. The van der Waals surface area contributed by atoms with Crippen LogP contribution in [0.25, 0.3) is 22.0 Å². The molecule has 0 spiro atoms. The van der Waals surface area contributed by atoms with Gasteiger partial charge in [0.15, 0.2) is 6.20 Å². The molecule has 2 aromatic carbocycles. The average molecular weight is 318 g/mol. The van der Waals surface area contributed by atoms with E-state index in [1.165, 1.54) is 38.7 Å². The Kier molecular flexibility index (Phi) is 4.71. The summed E-state index contributed by atoms with van der Waals surface area (Å²) in [4.78, 5) is 0. The number of pyridine rings is 1. The SMILES string of the molecule is CCc1ccc(C)c(-c2c3ccc(CC(C)C)cc3cc[n+]2C)c1.